The number of benzene rings is 2. The first-order chi connectivity index (χ1) is 11.4. The molecule has 0 unspecified atom stereocenters. The first kappa shape index (κ1) is 18.0. The number of hydrogen-bond donors (Lipinski definition) is 2. The minimum atomic E-state index is -3.01. The van der Waals surface area contributed by atoms with E-state index in [0.717, 1.165) is 11.3 Å². The molecule has 0 saturated heterocycles. The van der Waals surface area contributed by atoms with Crippen LogP contribution in [0.2, 0.25) is 0 Å². The van der Waals surface area contributed by atoms with E-state index in [0.29, 0.717) is 19.0 Å². The fourth-order valence-corrected chi connectivity index (χ4v) is 2.49. The third kappa shape index (κ3) is 6.83. The third-order valence-corrected chi connectivity index (χ3v) is 4.29. The average molecular weight is 345 g/mol. The number of rotatable bonds is 6. The SMILES string of the molecule is Cc1ccc(CN=C(NCCS(C)(=O)=O)Nc2ccccc2)cc1. The molecule has 0 aliphatic heterocycles. The van der Waals surface area contributed by atoms with E-state index in [1.54, 1.807) is 0 Å². The van der Waals surface area contributed by atoms with Crippen LogP contribution >= 0.6 is 0 Å². The molecule has 0 aliphatic carbocycles. The van der Waals surface area contributed by atoms with Crippen molar-refractivity contribution < 1.29 is 8.42 Å². The summed E-state index contributed by atoms with van der Waals surface area (Å²) in [5.41, 5.74) is 3.20. The number of anilines is 1. The Balaban J connectivity index is 2.05. The summed E-state index contributed by atoms with van der Waals surface area (Å²) in [6.45, 7) is 2.87. The molecule has 0 saturated carbocycles. The van der Waals surface area contributed by atoms with Gasteiger partial charge in [0.25, 0.3) is 0 Å². The first-order valence-electron chi connectivity index (χ1n) is 7.76. The molecule has 0 atom stereocenters. The van der Waals surface area contributed by atoms with E-state index in [9.17, 15) is 8.42 Å². The van der Waals surface area contributed by atoms with Gasteiger partial charge in [0.05, 0.1) is 12.3 Å². The standard InChI is InChI=1S/C18H23N3O2S/c1-15-8-10-16(11-9-15)14-20-18(19-12-13-24(2,22)23)21-17-6-4-3-5-7-17/h3-11H,12-14H2,1-2H3,(H2,19,20,21). The van der Waals surface area contributed by atoms with E-state index in [1.807, 2.05) is 61.5 Å². The largest absolute Gasteiger partial charge is 0.355 e. The van der Waals surface area contributed by atoms with E-state index < -0.39 is 9.84 Å². The second-order valence-electron chi connectivity index (χ2n) is 5.70. The maximum atomic E-state index is 11.3. The van der Waals surface area contributed by atoms with Gasteiger partial charge in [0, 0.05) is 18.5 Å². The highest BCUT2D eigenvalue weighted by atomic mass is 32.2. The van der Waals surface area contributed by atoms with Gasteiger partial charge in [0.15, 0.2) is 5.96 Å². The van der Waals surface area contributed by atoms with E-state index in [1.165, 1.54) is 11.8 Å². The van der Waals surface area contributed by atoms with Gasteiger partial charge in [0.1, 0.15) is 9.84 Å². The van der Waals surface area contributed by atoms with Crippen LogP contribution in [-0.2, 0) is 16.4 Å². The van der Waals surface area contributed by atoms with Crippen LogP contribution in [0.15, 0.2) is 59.6 Å². The predicted molar refractivity (Wildman–Crippen MR) is 100 cm³/mol. The molecule has 2 rings (SSSR count). The van der Waals surface area contributed by atoms with E-state index >= 15 is 0 Å². The first-order valence-corrected chi connectivity index (χ1v) is 9.82. The highest BCUT2D eigenvalue weighted by Gasteiger charge is 2.04. The Kier molecular flexibility index (Phi) is 6.37. The zero-order valence-electron chi connectivity index (χ0n) is 14.0. The van der Waals surface area contributed by atoms with Gasteiger partial charge in [-0.3, -0.25) is 0 Å². The Morgan fingerprint density at radius 1 is 1.04 bits per heavy atom. The molecule has 2 N–H and O–H groups in total. The molecule has 0 heterocycles. The van der Waals surface area contributed by atoms with Crippen LogP contribution in [0.5, 0.6) is 0 Å². The number of guanidine groups is 1. The fraction of sp³-hybridized carbons (Fsp3) is 0.278. The molecule has 2 aromatic rings. The van der Waals surface area contributed by atoms with E-state index in [4.69, 9.17) is 0 Å². The fourth-order valence-electron chi connectivity index (χ4n) is 2.02. The molecule has 2 aromatic carbocycles. The zero-order valence-corrected chi connectivity index (χ0v) is 14.8. The van der Waals surface area contributed by atoms with Gasteiger partial charge >= 0.3 is 0 Å². The summed E-state index contributed by atoms with van der Waals surface area (Å²) in [6, 6.07) is 17.8. The van der Waals surface area contributed by atoms with Gasteiger partial charge in [-0.15, -0.1) is 0 Å². The summed E-state index contributed by atoms with van der Waals surface area (Å²) in [5.74, 6) is 0.623. The highest BCUT2D eigenvalue weighted by Crippen LogP contribution is 2.07. The van der Waals surface area contributed by atoms with E-state index in [-0.39, 0.29) is 5.75 Å². The number of aryl methyl sites for hydroxylation is 1. The predicted octanol–water partition coefficient (Wildman–Crippen LogP) is 2.60. The number of para-hydroxylation sites is 1. The van der Waals surface area contributed by atoms with Crippen LogP contribution in [-0.4, -0.2) is 32.9 Å². The van der Waals surface area contributed by atoms with E-state index in [2.05, 4.69) is 15.6 Å². The molecular formula is C18H23N3O2S. The van der Waals surface area contributed by atoms with Crippen molar-refractivity contribution >= 4 is 21.5 Å². The Labute approximate surface area is 143 Å². The van der Waals surface area contributed by atoms with Crippen molar-refractivity contribution in [1.82, 2.24) is 5.32 Å². The Hall–Kier alpha value is -2.34. The van der Waals surface area contributed by atoms with Crippen LogP contribution in [0, 0.1) is 6.92 Å². The Bertz CT molecular complexity index is 770. The summed E-state index contributed by atoms with van der Waals surface area (Å²) >= 11 is 0. The van der Waals surface area contributed by atoms with Crippen molar-refractivity contribution in [2.24, 2.45) is 4.99 Å². The molecule has 128 valence electrons. The monoisotopic (exact) mass is 345 g/mol. The van der Waals surface area contributed by atoms with Crippen LogP contribution in [0.1, 0.15) is 11.1 Å². The quantitative estimate of drug-likeness (QED) is 0.624. The molecule has 0 spiro atoms. The number of nitrogens with one attached hydrogen (secondary N) is 2. The van der Waals surface area contributed by atoms with Crippen molar-refractivity contribution in [3.8, 4) is 0 Å². The molecule has 0 radical (unpaired) electrons. The lowest BCUT2D eigenvalue weighted by molar-refractivity contribution is 0.600. The summed E-state index contributed by atoms with van der Waals surface area (Å²) in [4.78, 5) is 4.54. The van der Waals surface area contributed by atoms with Gasteiger partial charge < -0.3 is 10.6 Å². The summed E-state index contributed by atoms with van der Waals surface area (Å²) in [5, 5.41) is 6.26. The van der Waals surface area contributed by atoms with Crippen molar-refractivity contribution in [1.29, 1.82) is 0 Å². The minimum absolute atomic E-state index is 0.0625. The van der Waals surface area contributed by atoms with Gasteiger partial charge in [-0.05, 0) is 24.6 Å². The van der Waals surface area contributed by atoms with Crippen LogP contribution in [0.4, 0.5) is 5.69 Å². The molecule has 0 amide bonds. The Morgan fingerprint density at radius 2 is 1.71 bits per heavy atom. The Morgan fingerprint density at radius 3 is 2.33 bits per heavy atom. The van der Waals surface area contributed by atoms with Gasteiger partial charge in [-0.2, -0.15) is 0 Å². The normalized spacial score (nSPS) is 12.0. The summed E-state index contributed by atoms with van der Waals surface area (Å²) < 4.78 is 22.6. The van der Waals surface area contributed by atoms with Gasteiger partial charge in [-0.25, -0.2) is 13.4 Å². The second kappa shape index (κ2) is 8.49. The van der Waals surface area contributed by atoms with Crippen LogP contribution in [0.3, 0.4) is 0 Å². The molecule has 6 heteroatoms. The molecule has 0 bridgehead atoms. The molecular weight excluding hydrogens is 322 g/mol. The molecule has 0 aliphatic rings. The third-order valence-electron chi connectivity index (χ3n) is 3.34. The zero-order chi connectivity index (χ0) is 17.4. The van der Waals surface area contributed by atoms with Gasteiger partial charge in [0.2, 0.25) is 0 Å². The average Bonchev–Trinajstić information content (AvgIpc) is 2.54. The number of aliphatic imine (C=N–C) groups is 1. The number of nitrogens with zero attached hydrogens (tertiary/aromatic N) is 1. The van der Waals surface area contributed by atoms with Crippen molar-refractivity contribution in [2.45, 2.75) is 13.5 Å². The molecule has 5 nitrogen and oxygen atoms in total. The van der Waals surface area contributed by atoms with Crippen molar-refractivity contribution in [3.63, 3.8) is 0 Å². The van der Waals surface area contributed by atoms with Crippen LogP contribution in [0.25, 0.3) is 0 Å². The maximum Gasteiger partial charge on any atom is 0.196 e. The van der Waals surface area contributed by atoms with Crippen LogP contribution < -0.4 is 10.6 Å². The number of hydrogen-bond acceptors (Lipinski definition) is 3. The van der Waals surface area contributed by atoms with Gasteiger partial charge in [-0.1, -0.05) is 48.0 Å². The minimum Gasteiger partial charge on any atom is -0.355 e. The molecule has 0 fully saturated rings. The summed E-state index contributed by atoms with van der Waals surface area (Å²) in [6.07, 6.45) is 1.22. The lowest BCUT2D eigenvalue weighted by Crippen LogP contribution is -2.34. The molecule has 24 heavy (non-hydrogen) atoms. The topological polar surface area (TPSA) is 70.6 Å². The highest BCUT2D eigenvalue weighted by molar-refractivity contribution is 7.90. The number of sulfone groups is 1. The van der Waals surface area contributed by atoms with Crippen molar-refractivity contribution in [2.75, 3.05) is 23.9 Å². The summed E-state index contributed by atoms with van der Waals surface area (Å²) in [7, 11) is -3.01. The second-order valence-corrected chi connectivity index (χ2v) is 7.96. The molecule has 0 aromatic heterocycles. The smallest absolute Gasteiger partial charge is 0.196 e. The van der Waals surface area contributed by atoms with Crippen molar-refractivity contribution in [3.05, 3.63) is 65.7 Å². The maximum absolute atomic E-state index is 11.3. The lowest BCUT2D eigenvalue weighted by Gasteiger charge is -2.12. The lowest BCUT2D eigenvalue weighted by atomic mass is 10.1.